The lowest BCUT2D eigenvalue weighted by molar-refractivity contribution is 0.412. The molecule has 0 aliphatic carbocycles. The van der Waals surface area contributed by atoms with Crippen LogP contribution in [0.15, 0.2) is 64.9 Å². The number of fused-ring (bicyclic) bond motifs is 1. The summed E-state index contributed by atoms with van der Waals surface area (Å²) >= 11 is 9.70. The number of hydrogen-bond acceptors (Lipinski definition) is 6. The predicted octanol–water partition coefficient (Wildman–Crippen LogP) is 5.49. The normalized spacial score (nSPS) is 11.1. The number of halogens is 1. The summed E-state index contributed by atoms with van der Waals surface area (Å²) in [5.41, 5.74) is 2.76. The van der Waals surface area contributed by atoms with Crippen molar-refractivity contribution in [3.05, 3.63) is 65.6 Å². The van der Waals surface area contributed by atoms with E-state index in [-0.39, 0.29) is 0 Å². The molecule has 0 aliphatic heterocycles. The molecular weight excluding hydrogens is 412 g/mol. The molecule has 0 unspecified atom stereocenters. The monoisotopic (exact) mass is 428 g/mol. The molecule has 28 heavy (non-hydrogen) atoms. The van der Waals surface area contributed by atoms with Gasteiger partial charge in [0.15, 0.2) is 5.16 Å². The first-order valence-corrected chi connectivity index (χ1v) is 11.1. The summed E-state index contributed by atoms with van der Waals surface area (Å²) in [7, 11) is 1.65. The van der Waals surface area contributed by atoms with Crippen molar-refractivity contribution in [1.82, 2.24) is 19.7 Å². The van der Waals surface area contributed by atoms with Crippen molar-refractivity contribution in [1.29, 1.82) is 0 Å². The van der Waals surface area contributed by atoms with Crippen LogP contribution in [0.3, 0.4) is 0 Å². The number of ether oxygens (including phenoxy) is 1. The Kier molecular flexibility index (Phi) is 5.75. The molecule has 4 rings (SSSR count). The highest BCUT2D eigenvalue weighted by atomic mass is 35.5. The lowest BCUT2D eigenvalue weighted by atomic mass is 10.2. The molecule has 5 nitrogen and oxygen atoms in total. The molecular formula is C20H17ClN4OS2. The Morgan fingerprint density at radius 3 is 2.82 bits per heavy atom. The Morgan fingerprint density at radius 2 is 2.00 bits per heavy atom. The van der Waals surface area contributed by atoms with E-state index in [2.05, 4.69) is 39.4 Å². The number of benzene rings is 2. The van der Waals surface area contributed by atoms with Crippen molar-refractivity contribution in [2.75, 3.05) is 13.4 Å². The zero-order chi connectivity index (χ0) is 19.5. The molecule has 0 aliphatic rings. The van der Waals surface area contributed by atoms with Gasteiger partial charge in [0.2, 0.25) is 0 Å². The van der Waals surface area contributed by atoms with E-state index < -0.39 is 0 Å². The van der Waals surface area contributed by atoms with Crippen molar-refractivity contribution >= 4 is 46.0 Å². The van der Waals surface area contributed by atoms with E-state index in [9.17, 15) is 0 Å². The maximum Gasteiger partial charge on any atom is 0.196 e. The highest BCUT2D eigenvalue weighted by Gasteiger charge is 2.13. The van der Waals surface area contributed by atoms with Gasteiger partial charge in [-0.3, -0.25) is 4.57 Å². The number of hydrogen-bond donors (Lipinski definition) is 0. The second-order valence-electron chi connectivity index (χ2n) is 5.94. The molecule has 2 aromatic heterocycles. The van der Waals surface area contributed by atoms with E-state index in [0.717, 1.165) is 33.1 Å². The van der Waals surface area contributed by atoms with E-state index in [1.165, 1.54) is 4.90 Å². The summed E-state index contributed by atoms with van der Waals surface area (Å²) in [4.78, 5) is 5.74. The predicted molar refractivity (Wildman–Crippen MR) is 116 cm³/mol. The molecule has 2 aromatic carbocycles. The number of pyridine rings is 1. The topological polar surface area (TPSA) is 52.8 Å². The van der Waals surface area contributed by atoms with Crippen LogP contribution in [0, 0.1) is 0 Å². The Hall–Kier alpha value is -2.22. The van der Waals surface area contributed by atoms with E-state index in [1.807, 2.05) is 35.1 Å². The first-order valence-electron chi connectivity index (χ1n) is 8.49. The smallest absolute Gasteiger partial charge is 0.196 e. The number of thioether (sulfide) groups is 2. The summed E-state index contributed by atoms with van der Waals surface area (Å²) in [6, 6.07) is 16.1. The molecule has 0 saturated carbocycles. The molecule has 2 heterocycles. The van der Waals surface area contributed by atoms with Crippen LogP contribution in [-0.4, -0.2) is 33.1 Å². The van der Waals surface area contributed by atoms with Gasteiger partial charge in [-0.2, -0.15) is 0 Å². The fraction of sp³-hybridized carbons (Fsp3) is 0.150. The average molecular weight is 429 g/mol. The van der Waals surface area contributed by atoms with Crippen LogP contribution < -0.4 is 4.74 Å². The highest BCUT2D eigenvalue weighted by Crippen LogP contribution is 2.31. The number of rotatable bonds is 6. The third-order valence-corrected chi connectivity index (χ3v) is 6.31. The van der Waals surface area contributed by atoms with Crippen LogP contribution in [-0.2, 0) is 5.75 Å². The standard InChI is InChI=1S/C20H17ClN4OS2/c1-26-18-6-4-3-5-17(18)25-12-22-24-20(25)28-11-14-9-13-7-8-15(27-2)10-16(13)23-19(14)21/h3-10,12H,11H2,1-2H3. The quantitative estimate of drug-likeness (QED) is 0.299. The summed E-state index contributed by atoms with van der Waals surface area (Å²) < 4.78 is 7.37. The number of aromatic nitrogens is 4. The first kappa shape index (κ1) is 19.1. The molecule has 142 valence electrons. The molecule has 0 saturated heterocycles. The molecule has 8 heteroatoms. The number of para-hydroxylation sites is 2. The van der Waals surface area contributed by atoms with E-state index in [1.54, 1.807) is 37.0 Å². The van der Waals surface area contributed by atoms with Crippen LogP contribution in [0.25, 0.3) is 16.6 Å². The van der Waals surface area contributed by atoms with Gasteiger partial charge in [0, 0.05) is 21.6 Å². The Labute approximate surface area is 176 Å². The Bertz CT molecular complexity index is 1130. The van der Waals surface area contributed by atoms with Gasteiger partial charge in [-0.05, 0) is 36.6 Å². The minimum absolute atomic E-state index is 0.515. The number of nitrogens with zero attached hydrogens (tertiary/aromatic N) is 4. The zero-order valence-electron chi connectivity index (χ0n) is 15.3. The van der Waals surface area contributed by atoms with E-state index >= 15 is 0 Å². The van der Waals surface area contributed by atoms with Crippen LogP contribution >= 0.6 is 35.1 Å². The van der Waals surface area contributed by atoms with Crippen LogP contribution in [0.2, 0.25) is 5.15 Å². The first-order chi connectivity index (χ1) is 13.7. The molecule has 0 radical (unpaired) electrons. The van der Waals surface area contributed by atoms with Crippen molar-refractivity contribution in [2.45, 2.75) is 15.8 Å². The lowest BCUT2D eigenvalue weighted by Crippen LogP contribution is -1.99. The van der Waals surface area contributed by atoms with Gasteiger partial charge in [-0.15, -0.1) is 22.0 Å². The highest BCUT2D eigenvalue weighted by molar-refractivity contribution is 7.98. The molecule has 0 spiro atoms. The maximum absolute atomic E-state index is 6.45. The molecule has 0 N–H and O–H groups in total. The minimum Gasteiger partial charge on any atom is -0.495 e. The lowest BCUT2D eigenvalue weighted by Gasteiger charge is -2.11. The zero-order valence-corrected chi connectivity index (χ0v) is 17.7. The minimum atomic E-state index is 0.515. The summed E-state index contributed by atoms with van der Waals surface area (Å²) in [6.45, 7) is 0. The molecule has 0 fully saturated rings. The SMILES string of the molecule is COc1ccccc1-n1cnnc1SCc1cc2ccc(SC)cc2nc1Cl. The summed E-state index contributed by atoms with van der Waals surface area (Å²) in [6.07, 6.45) is 3.73. The third kappa shape index (κ3) is 3.83. The second-order valence-corrected chi connectivity index (χ2v) is 8.12. The second kappa shape index (κ2) is 8.43. The largest absolute Gasteiger partial charge is 0.495 e. The van der Waals surface area contributed by atoms with Gasteiger partial charge >= 0.3 is 0 Å². The number of methoxy groups -OCH3 is 1. The van der Waals surface area contributed by atoms with Gasteiger partial charge in [0.1, 0.15) is 17.2 Å². The van der Waals surface area contributed by atoms with Crippen molar-refractivity contribution in [3.63, 3.8) is 0 Å². The van der Waals surface area contributed by atoms with Crippen LogP contribution in [0.1, 0.15) is 5.56 Å². The van der Waals surface area contributed by atoms with Gasteiger partial charge in [-0.25, -0.2) is 4.98 Å². The fourth-order valence-electron chi connectivity index (χ4n) is 2.85. The maximum atomic E-state index is 6.45. The summed E-state index contributed by atoms with van der Waals surface area (Å²) in [5.74, 6) is 1.40. The Balaban J connectivity index is 1.61. The van der Waals surface area contributed by atoms with Gasteiger partial charge in [0.25, 0.3) is 0 Å². The van der Waals surface area contributed by atoms with E-state index in [0.29, 0.717) is 10.9 Å². The fourth-order valence-corrected chi connectivity index (χ4v) is 4.47. The van der Waals surface area contributed by atoms with Crippen molar-refractivity contribution in [2.24, 2.45) is 0 Å². The van der Waals surface area contributed by atoms with Crippen LogP contribution in [0.4, 0.5) is 0 Å². The third-order valence-electron chi connectivity index (χ3n) is 4.27. The van der Waals surface area contributed by atoms with Crippen molar-refractivity contribution in [3.8, 4) is 11.4 Å². The van der Waals surface area contributed by atoms with Crippen molar-refractivity contribution < 1.29 is 4.74 Å². The molecule has 4 aromatic rings. The molecule has 0 bridgehead atoms. The van der Waals surface area contributed by atoms with Gasteiger partial charge in [-0.1, -0.05) is 41.6 Å². The van der Waals surface area contributed by atoms with E-state index in [4.69, 9.17) is 16.3 Å². The van der Waals surface area contributed by atoms with Crippen LogP contribution in [0.5, 0.6) is 5.75 Å². The van der Waals surface area contributed by atoms with Gasteiger partial charge in [0.05, 0.1) is 18.3 Å². The Morgan fingerprint density at radius 1 is 1.14 bits per heavy atom. The van der Waals surface area contributed by atoms with Gasteiger partial charge < -0.3 is 4.74 Å². The summed E-state index contributed by atoms with van der Waals surface area (Å²) in [5, 5.41) is 10.7. The molecule has 0 amide bonds. The molecule has 0 atom stereocenters. The average Bonchev–Trinajstić information content (AvgIpc) is 3.20.